The second-order valence-corrected chi connectivity index (χ2v) is 4.95. The summed E-state index contributed by atoms with van der Waals surface area (Å²) in [6.07, 6.45) is 0. The van der Waals surface area contributed by atoms with Crippen LogP contribution >= 0.6 is 0 Å². The minimum atomic E-state index is -1.62. The van der Waals surface area contributed by atoms with E-state index in [2.05, 4.69) is 5.16 Å². The van der Waals surface area contributed by atoms with Crippen molar-refractivity contribution < 1.29 is 27.5 Å². The number of nitrogens with zero attached hydrogens (tertiary/aromatic N) is 1. The Bertz CT molecular complexity index is 893. The second-order valence-electron chi connectivity index (χ2n) is 4.95. The zero-order chi connectivity index (χ0) is 17.3. The summed E-state index contributed by atoms with van der Waals surface area (Å²) in [5, 5.41) is 13.5. The van der Waals surface area contributed by atoms with Gasteiger partial charge < -0.3 is 14.4 Å². The molecule has 0 saturated carbocycles. The molecule has 4 nitrogen and oxygen atoms in total. The molecule has 1 heterocycles. The summed E-state index contributed by atoms with van der Waals surface area (Å²) >= 11 is 0. The quantitative estimate of drug-likeness (QED) is 0.734. The summed E-state index contributed by atoms with van der Waals surface area (Å²) < 4.78 is 50.7. The summed E-state index contributed by atoms with van der Waals surface area (Å²) in [6, 6.07) is 8.60. The van der Waals surface area contributed by atoms with Gasteiger partial charge in [0, 0.05) is 5.56 Å². The van der Waals surface area contributed by atoms with Gasteiger partial charge in [-0.1, -0.05) is 17.3 Å². The monoisotopic (exact) mass is 335 g/mol. The molecular formula is C17H12F3NO3. The van der Waals surface area contributed by atoms with Gasteiger partial charge >= 0.3 is 0 Å². The largest absolute Gasteiger partial charge is 0.497 e. The van der Waals surface area contributed by atoms with E-state index in [1.807, 2.05) is 0 Å². The molecule has 2 aromatic carbocycles. The molecule has 0 saturated heterocycles. The topological polar surface area (TPSA) is 55.5 Å². The molecule has 7 heteroatoms. The molecular weight excluding hydrogens is 323 g/mol. The van der Waals surface area contributed by atoms with Gasteiger partial charge in [0.2, 0.25) is 0 Å². The van der Waals surface area contributed by atoms with E-state index in [0.29, 0.717) is 11.3 Å². The van der Waals surface area contributed by atoms with Crippen molar-refractivity contribution in [3.05, 3.63) is 59.4 Å². The first kappa shape index (κ1) is 16.1. The maximum atomic E-state index is 14.0. The first-order valence-electron chi connectivity index (χ1n) is 6.94. The Morgan fingerprint density at radius 1 is 1.12 bits per heavy atom. The average molecular weight is 335 g/mol. The molecule has 0 atom stereocenters. The van der Waals surface area contributed by atoms with Gasteiger partial charge in [-0.3, -0.25) is 0 Å². The predicted octanol–water partition coefficient (Wildman–Crippen LogP) is 3.93. The fourth-order valence-corrected chi connectivity index (χ4v) is 2.37. The summed E-state index contributed by atoms with van der Waals surface area (Å²) in [4.78, 5) is 0. The highest BCUT2D eigenvalue weighted by Crippen LogP contribution is 2.35. The Kier molecular flexibility index (Phi) is 4.26. The lowest BCUT2D eigenvalue weighted by molar-refractivity contribution is 0.281. The summed E-state index contributed by atoms with van der Waals surface area (Å²) in [6.45, 7) is -0.524. The van der Waals surface area contributed by atoms with Crippen molar-refractivity contribution in [2.45, 2.75) is 6.61 Å². The van der Waals surface area contributed by atoms with Crippen LogP contribution in [-0.4, -0.2) is 17.4 Å². The van der Waals surface area contributed by atoms with Gasteiger partial charge in [0.05, 0.1) is 24.8 Å². The summed E-state index contributed by atoms with van der Waals surface area (Å²) in [5.74, 6) is -3.94. The number of methoxy groups -OCH3 is 1. The van der Waals surface area contributed by atoms with E-state index in [0.717, 1.165) is 12.1 Å². The van der Waals surface area contributed by atoms with Gasteiger partial charge in [0.15, 0.2) is 23.2 Å². The number of hydrogen-bond acceptors (Lipinski definition) is 4. The van der Waals surface area contributed by atoms with Crippen LogP contribution in [0.4, 0.5) is 13.2 Å². The van der Waals surface area contributed by atoms with Crippen molar-refractivity contribution in [3.8, 4) is 28.3 Å². The highest BCUT2D eigenvalue weighted by molar-refractivity contribution is 5.73. The number of ether oxygens (including phenoxy) is 1. The van der Waals surface area contributed by atoms with E-state index in [4.69, 9.17) is 9.26 Å². The Morgan fingerprint density at radius 2 is 1.92 bits per heavy atom. The molecule has 0 aliphatic rings. The highest BCUT2D eigenvalue weighted by atomic mass is 19.2. The number of rotatable bonds is 4. The predicted molar refractivity (Wildman–Crippen MR) is 79.7 cm³/mol. The molecule has 1 N–H and O–H groups in total. The highest BCUT2D eigenvalue weighted by Gasteiger charge is 2.24. The van der Waals surface area contributed by atoms with Crippen LogP contribution < -0.4 is 4.74 Å². The Balaban J connectivity index is 2.16. The van der Waals surface area contributed by atoms with E-state index in [-0.39, 0.29) is 22.6 Å². The maximum absolute atomic E-state index is 14.0. The van der Waals surface area contributed by atoms with E-state index in [1.165, 1.54) is 7.11 Å². The van der Waals surface area contributed by atoms with E-state index in [1.54, 1.807) is 24.3 Å². The van der Waals surface area contributed by atoms with Crippen molar-refractivity contribution in [2.75, 3.05) is 7.11 Å². The first-order chi connectivity index (χ1) is 11.6. The van der Waals surface area contributed by atoms with Crippen molar-refractivity contribution in [2.24, 2.45) is 0 Å². The van der Waals surface area contributed by atoms with Gasteiger partial charge in [-0.15, -0.1) is 0 Å². The molecule has 124 valence electrons. The lowest BCUT2D eigenvalue weighted by Gasteiger charge is -2.05. The zero-order valence-electron chi connectivity index (χ0n) is 12.5. The molecule has 0 bridgehead atoms. The third kappa shape index (κ3) is 2.63. The van der Waals surface area contributed by atoms with Crippen molar-refractivity contribution in [1.82, 2.24) is 5.16 Å². The Labute approximate surface area is 135 Å². The zero-order valence-corrected chi connectivity index (χ0v) is 12.5. The fourth-order valence-electron chi connectivity index (χ4n) is 2.37. The molecule has 1 aromatic heterocycles. The molecule has 0 fully saturated rings. The average Bonchev–Trinajstić information content (AvgIpc) is 3.03. The molecule has 0 aliphatic heterocycles. The number of halogens is 3. The summed E-state index contributed by atoms with van der Waals surface area (Å²) in [5.41, 5.74) is 0.666. The van der Waals surface area contributed by atoms with Crippen molar-refractivity contribution in [3.63, 3.8) is 0 Å². The normalized spacial score (nSPS) is 10.9. The number of aliphatic hydroxyl groups excluding tert-OH is 1. The lowest BCUT2D eigenvalue weighted by Crippen LogP contribution is -1.96. The van der Waals surface area contributed by atoms with Crippen molar-refractivity contribution >= 4 is 0 Å². The minimum Gasteiger partial charge on any atom is -0.497 e. The molecule has 0 unspecified atom stereocenters. The van der Waals surface area contributed by atoms with E-state index < -0.39 is 24.1 Å². The van der Waals surface area contributed by atoms with E-state index >= 15 is 0 Å². The number of hydrogen-bond donors (Lipinski definition) is 1. The van der Waals surface area contributed by atoms with Crippen LogP contribution in [0.2, 0.25) is 0 Å². The van der Waals surface area contributed by atoms with Crippen LogP contribution in [0.3, 0.4) is 0 Å². The molecule has 3 aromatic rings. The van der Waals surface area contributed by atoms with Gasteiger partial charge in [-0.25, -0.2) is 13.2 Å². The maximum Gasteiger partial charge on any atom is 0.195 e. The third-order valence-corrected chi connectivity index (χ3v) is 3.57. The molecule has 0 spiro atoms. The molecule has 0 aliphatic carbocycles. The Hall–Kier alpha value is -2.80. The molecule has 0 radical (unpaired) electrons. The minimum absolute atomic E-state index is 0.160. The summed E-state index contributed by atoms with van der Waals surface area (Å²) in [7, 11) is 1.50. The molecule has 0 amide bonds. The Morgan fingerprint density at radius 3 is 2.62 bits per heavy atom. The van der Waals surface area contributed by atoms with Gasteiger partial charge in [0.1, 0.15) is 11.4 Å². The van der Waals surface area contributed by atoms with Gasteiger partial charge in [-0.2, -0.15) is 0 Å². The number of aromatic nitrogens is 1. The van der Waals surface area contributed by atoms with Crippen LogP contribution in [0.25, 0.3) is 22.6 Å². The van der Waals surface area contributed by atoms with Crippen LogP contribution in [-0.2, 0) is 6.61 Å². The number of aliphatic hydroxyl groups is 1. The molecule has 3 rings (SSSR count). The smallest absolute Gasteiger partial charge is 0.195 e. The third-order valence-electron chi connectivity index (χ3n) is 3.57. The molecule has 24 heavy (non-hydrogen) atoms. The lowest BCUT2D eigenvalue weighted by atomic mass is 10.0. The second kappa shape index (κ2) is 6.37. The van der Waals surface area contributed by atoms with Crippen molar-refractivity contribution in [1.29, 1.82) is 0 Å². The van der Waals surface area contributed by atoms with Gasteiger partial charge in [-0.05, 0) is 24.3 Å². The van der Waals surface area contributed by atoms with Crippen LogP contribution in [0, 0.1) is 17.5 Å². The number of benzene rings is 2. The van der Waals surface area contributed by atoms with Gasteiger partial charge in [0.25, 0.3) is 0 Å². The standard InChI is InChI=1S/C17H12F3NO3/c1-23-10-4-2-3-9(7-10)16-12(8-22)17(24-21-16)11-5-6-13(18)15(20)14(11)19/h2-7,22H,8H2,1H3. The van der Waals surface area contributed by atoms with E-state index in [9.17, 15) is 18.3 Å². The van der Waals surface area contributed by atoms with Crippen LogP contribution in [0.15, 0.2) is 40.9 Å². The van der Waals surface area contributed by atoms with Crippen LogP contribution in [0.1, 0.15) is 5.56 Å². The first-order valence-corrected chi connectivity index (χ1v) is 6.94. The van der Waals surface area contributed by atoms with Crippen LogP contribution in [0.5, 0.6) is 5.75 Å². The fraction of sp³-hybridized carbons (Fsp3) is 0.118. The SMILES string of the molecule is COc1cccc(-c2noc(-c3ccc(F)c(F)c3F)c2CO)c1.